The maximum absolute atomic E-state index is 12.9. The Hall–Kier alpha value is -2.03. The predicted octanol–water partition coefficient (Wildman–Crippen LogP) is 27.5. The molecular formula is C84H161NO8P+. The van der Waals surface area contributed by atoms with Gasteiger partial charge in [-0.1, -0.05) is 383 Å². The molecule has 94 heavy (non-hydrogen) atoms. The highest BCUT2D eigenvalue weighted by Gasteiger charge is 2.27. The lowest BCUT2D eigenvalue weighted by atomic mass is 10.0. The van der Waals surface area contributed by atoms with Crippen molar-refractivity contribution in [2.45, 2.75) is 431 Å². The summed E-state index contributed by atoms with van der Waals surface area (Å²) in [6, 6.07) is 0. The van der Waals surface area contributed by atoms with E-state index in [4.69, 9.17) is 18.5 Å². The van der Waals surface area contributed by atoms with Crippen molar-refractivity contribution in [3.63, 3.8) is 0 Å². The third-order valence-corrected chi connectivity index (χ3v) is 19.8. The summed E-state index contributed by atoms with van der Waals surface area (Å²) in [6.07, 6.45) is 99.9. The molecule has 2 atom stereocenters. The van der Waals surface area contributed by atoms with Crippen LogP contribution in [0.1, 0.15) is 425 Å². The number of phosphoric ester groups is 1. The number of esters is 2. The summed E-state index contributed by atoms with van der Waals surface area (Å²) < 4.78 is 34.9. The molecule has 2 unspecified atom stereocenters. The Morgan fingerprint density at radius 1 is 0.330 bits per heavy atom. The van der Waals surface area contributed by atoms with Crippen LogP contribution in [0.15, 0.2) is 48.6 Å². The zero-order chi connectivity index (χ0) is 68.3. The number of unbranched alkanes of at least 4 members (excludes halogenated alkanes) is 56. The second kappa shape index (κ2) is 75.2. The van der Waals surface area contributed by atoms with E-state index in [1.165, 1.54) is 347 Å². The van der Waals surface area contributed by atoms with Gasteiger partial charge in [-0.25, -0.2) is 4.57 Å². The number of rotatable bonds is 78. The van der Waals surface area contributed by atoms with E-state index in [9.17, 15) is 19.0 Å². The second-order valence-electron chi connectivity index (χ2n) is 29.5. The highest BCUT2D eigenvalue weighted by molar-refractivity contribution is 7.47. The molecule has 0 heterocycles. The molecule has 0 aliphatic rings. The zero-order valence-corrected chi connectivity index (χ0v) is 64.4. The third kappa shape index (κ3) is 79.0. The highest BCUT2D eigenvalue weighted by Crippen LogP contribution is 2.43. The van der Waals surface area contributed by atoms with Crippen molar-refractivity contribution < 1.29 is 42.1 Å². The Balaban J connectivity index is 3.88. The standard InChI is InChI=1S/C84H160NO8P/c1-6-8-10-12-14-16-18-20-22-24-26-28-30-32-34-36-38-39-40-41-42-43-44-45-47-49-51-53-55-57-59-61-63-65-67-69-71-73-75-77-84(87)93-82(81-92-94(88,89)91-79-78-85(3,4)5)80-90-83(86)76-74-72-70-68-66-64-62-60-58-56-54-52-50-48-46-37-35-33-31-29-27-25-23-21-19-17-15-13-11-9-7-2/h18-21,24-27,82H,6-17,22-23,28-81H2,1-5H3/p+1/b20-18-,21-19-,26-24-,27-25-. The average Bonchev–Trinajstić information content (AvgIpc) is 1.56. The second-order valence-corrected chi connectivity index (χ2v) is 31.0. The Bertz CT molecular complexity index is 1720. The van der Waals surface area contributed by atoms with E-state index in [0.29, 0.717) is 23.9 Å². The zero-order valence-electron chi connectivity index (χ0n) is 63.5. The number of nitrogens with zero attached hydrogens (tertiary/aromatic N) is 1. The van der Waals surface area contributed by atoms with Crippen LogP contribution >= 0.6 is 7.82 Å². The minimum absolute atomic E-state index is 0.0348. The molecule has 0 saturated carbocycles. The highest BCUT2D eigenvalue weighted by atomic mass is 31.2. The first kappa shape index (κ1) is 92.0. The fraction of sp³-hybridized carbons (Fsp3) is 0.881. The number of likely N-dealkylation sites (N-methyl/N-ethyl adjacent to an activating group) is 1. The summed E-state index contributed by atoms with van der Waals surface area (Å²) in [6.45, 7) is 4.49. The Labute approximate surface area is 585 Å². The van der Waals surface area contributed by atoms with Crippen molar-refractivity contribution in [1.29, 1.82) is 0 Å². The topological polar surface area (TPSA) is 108 Å². The molecule has 1 N–H and O–H groups in total. The lowest BCUT2D eigenvalue weighted by molar-refractivity contribution is -0.870. The predicted molar refractivity (Wildman–Crippen MR) is 409 cm³/mol. The third-order valence-electron chi connectivity index (χ3n) is 18.8. The van der Waals surface area contributed by atoms with Gasteiger partial charge in [0.15, 0.2) is 6.10 Å². The van der Waals surface area contributed by atoms with Gasteiger partial charge in [-0.15, -0.1) is 0 Å². The number of carbonyl (C=O) groups is 2. The van der Waals surface area contributed by atoms with Crippen molar-refractivity contribution in [2.75, 3.05) is 47.5 Å². The van der Waals surface area contributed by atoms with E-state index in [1.807, 2.05) is 21.1 Å². The lowest BCUT2D eigenvalue weighted by Gasteiger charge is -2.24. The first-order valence-electron chi connectivity index (χ1n) is 41.4. The lowest BCUT2D eigenvalue weighted by Crippen LogP contribution is -2.37. The molecule has 9 nitrogen and oxygen atoms in total. The Morgan fingerprint density at radius 3 is 0.840 bits per heavy atom. The van der Waals surface area contributed by atoms with Gasteiger partial charge in [0.2, 0.25) is 0 Å². The number of carbonyl (C=O) groups excluding carboxylic acids is 2. The van der Waals surface area contributed by atoms with Crippen LogP contribution < -0.4 is 0 Å². The van der Waals surface area contributed by atoms with Gasteiger partial charge in [0.25, 0.3) is 0 Å². The summed E-state index contributed by atoms with van der Waals surface area (Å²) in [5.41, 5.74) is 0. The van der Waals surface area contributed by atoms with E-state index >= 15 is 0 Å². The smallest absolute Gasteiger partial charge is 0.462 e. The minimum Gasteiger partial charge on any atom is -0.462 e. The fourth-order valence-electron chi connectivity index (χ4n) is 12.5. The van der Waals surface area contributed by atoms with Crippen LogP contribution in [0.4, 0.5) is 0 Å². The number of phosphoric acid groups is 1. The molecule has 0 spiro atoms. The van der Waals surface area contributed by atoms with E-state index in [1.54, 1.807) is 0 Å². The van der Waals surface area contributed by atoms with E-state index in [0.717, 1.165) is 44.9 Å². The molecule has 0 aromatic rings. The molecule has 0 aliphatic carbocycles. The maximum atomic E-state index is 12.9. The van der Waals surface area contributed by atoms with Crippen LogP contribution in [0.3, 0.4) is 0 Å². The SMILES string of the molecule is CCCCCCC/C=C\C/C=C\CCCCCCCCCCCCCCCCCCCCCCCCCCCCCC(=O)OC(COC(=O)CCCCCCCCCCCCCCCCCCCCC/C=C\C/C=C\CCCCCCC)COP(=O)(O)OCC[N+](C)(C)C. The molecule has 0 aromatic heterocycles. The first-order chi connectivity index (χ1) is 46.0. The largest absolute Gasteiger partial charge is 0.472 e. The average molecular weight is 1340 g/mol. The van der Waals surface area contributed by atoms with Gasteiger partial charge in [0, 0.05) is 12.8 Å². The number of ether oxygens (including phenoxy) is 2. The van der Waals surface area contributed by atoms with Gasteiger partial charge in [-0.05, 0) is 77.0 Å². The molecule has 0 fully saturated rings. The molecule has 0 bridgehead atoms. The van der Waals surface area contributed by atoms with Crippen LogP contribution in [-0.4, -0.2) is 74.9 Å². The van der Waals surface area contributed by atoms with Crippen molar-refractivity contribution in [3.05, 3.63) is 48.6 Å². The molecule has 0 aliphatic heterocycles. The summed E-state index contributed by atoms with van der Waals surface area (Å²) >= 11 is 0. The molecule has 0 radical (unpaired) electrons. The van der Waals surface area contributed by atoms with Gasteiger partial charge in [-0.3, -0.25) is 18.6 Å². The number of hydrogen-bond acceptors (Lipinski definition) is 7. The molecule has 0 saturated heterocycles. The monoisotopic (exact) mass is 1340 g/mol. The van der Waals surface area contributed by atoms with Gasteiger partial charge in [-0.2, -0.15) is 0 Å². The van der Waals surface area contributed by atoms with Crippen molar-refractivity contribution in [1.82, 2.24) is 0 Å². The van der Waals surface area contributed by atoms with E-state index in [-0.39, 0.29) is 25.6 Å². The normalized spacial score (nSPS) is 13.2. The molecule has 554 valence electrons. The van der Waals surface area contributed by atoms with Crippen molar-refractivity contribution >= 4 is 19.8 Å². The maximum Gasteiger partial charge on any atom is 0.472 e. The van der Waals surface area contributed by atoms with Crippen LogP contribution in [0.25, 0.3) is 0 Å². The molecular weight excluding hydrogens is 1180 g/mol. The summed E-state index contributed by atoms with van der Waals surface area (Å²) in [5.74, 6) is -0.772. The first-order valence-corrected chi connectivity index (χ1v) is 42.9. The minimum atomic E-state index is -4.39. The van der Waals surface area contributed by atoms with Crippen LogP contribution in [0, 0.1) is 0 Å². The van der Waals surface area contributed by atoms with E-state index < -0.39 is 26.5 Å². The fourth-order valence-corrected chi connectivity index (χ4v) is 13.2. The molecule has 0 aromatic carbocycles. The Kier molecular flexibility index (Phi) is 73.6. The van der Waals surface area contributed by atoms with Crippen LogP contribution in [-0.2, 0) is 32.7 Å². The van der Waals surface area contributed by atoms with Gasteiger partial charge >= 0.3 is 19.8 Å². The number of quaternary nitrogens is 1. The van der Waals surface area contributed by atoms with Crippen LogP contribution in [0.2, 0.25) is 0 Å². The van der Waals surface area contributed by atoms with Crippen molar-refractivity contribution in [3.8, 4) is 0 Å². The Morgan fingerprint density at radius 2 is 0.574 bits per heavy atom. The van der Waals surface area contributed by atoms with E-state index in [2.05, 4.69) is 62.5 Å². The molecule has 0 rings (SSSR count). The summed E-state index contributed by atoms with van der Waals surface area (Å²) in [7, 11) is 1.50. The molecule has 10 heteroatoms. The summed E-state index contributed by atoms with van der Waals surface area (Å²) in [5, 5.41) is 0. The van der Waals surface area contributed by atoms with Gasteiger partial charge < -0.3 is 18.9 Å². The van der Waals surface area contributed by atoms with Crippen molar-refractivity contribution in [2.24, 2.45) is 0 Å². The number of hydrogen-bond donors (Lipinski definition) is 1. The number of allylic oxidation sites excluding steroid dienone is 8. The van der Waals surface area contributed by atoms with Gasteiger partial charge in [0.05, 0.1) is 27.7 Å². The summed E-state index contributed by atoms with van der Waals surface area (Å²) in [4.78, 5) is 36.0. The molecule has 0 amide bonds. The van der Waals surface area contributed by atoms with Gasteiger partial charge in [0.1, 0.15) is 19.8 Å². The van der Waals surface area contributed by atoms with Crippen LogP contribution in [0.5, 0.6) is 0 Å². The quantitative estimate of drug-likeness (QED) is 0.0211.